The van der Waals surface area contributed by atoms with Crippen molar-refractivity contribution in [2.75, 3.05) is 13.1 Å². The zero-order valence-electron chi connectivity index (χ0n) is 10.1. The first-order valence-corrected chi connectivity index (χ1v) is 7.30. The highest BCUT2D eigenvalue weighted by molar-refractivity contribution is 7.89. The summed E-state index contributed by atoms with van der Waals surface area (Å²) < 4.78 is 27.7. The second-order valence-corrected chi connectivity index (χ2v) is 5.60. The minimum Gasteiger partial charge on any atom is -0.330 e. The molecule has 0 aromatic carbocycles. The zero-order valence-corrected chi connectivity index (χ0v) is 10.9. The third kappa shape index (κ3) is 4.45. The lowest BCUT2D eigenvalue weighted by Gasteiger charge is -2.03. The lowest BCUT2D eigenvalue weighted by molar-refractivity contribution is 0.574. The molecule has 0 saturated heterocycles. The van der Waals surface area contributed by atoms with Gasteiger partial charge in [-0.2, -0.15) is 5.10 Å². The van der Waals surface area contributed by atoms with Gasteiger partial charge in [-0.25, -0.2) is 13.1 Å². The van der Waals surface area contributed by atoms with Gasteiger partial charge in [0.15, 0.2) is 0 Å². The molecule has 0 amide bonds. The first kappa shape index (κ1) is 14.1. The molecule has 1 heterocycles. The molecule has 0 fully saturated rings. The van der Waals surface area contributed by atoms with Crippen LogP contribution < -0.4 is 10.5 Å². The average Bonchev–Trinajstić information content (AvgIpc) is 2.76. The second-order valence-electron chi connectivity index (χ2n) is 3.83. The number of aryl methyl sites for hydroxylation is 1. The van der Waals surface area contributed by atoms with E-state index >= 15 is 0 Å². The van der Waals surface area contributed by atoms with Crippen LogP contribution in [0.25, 0.3) is 0 Å². The summed E-state index contributed by atoms with van der Waals surface area (Å²) >= 11 is 0. The van der Waals surface area contributed by atoms with Gasteiger partial charge in [0.2, 0.25) is 10.0 Å². The van der Waals surface area contributed by atoms with Crippen LogP contribution in [0, 0.1) is 0 Å². The van der Waals surface area contributed by atoms with Crippen molar-refractivity contribution in [2.45, 2.75) is 37.6 Å². The zero-order chi connectivity index (χ0) is 12.7. The first-order chi connectivity index (χ1) is 8.10. The molecular weight excluding hydrogens is 240 g/mol. The first-order valence-electron chi connectivity index (χ1n) is 5.82. The summed E-state index contributed by atoms with van der Waals surface area (Å²) in [6, 6.07) is 0. The van der Waals surface area contributed by atoms with Crippen molar-refractivity contribution < 1.29 is 8.42 Å². The third-order valence-electron chi connectivity index (χ3n) is 2.33. The van der Waals surface area contributed by atoms with Crippen LogP contribution in [0.2, 0.25) is 0 Å². The molecule has 0 aliphatic rings. The van der Waals surface area contributed by atoms with E-state index in [0.717, 1.165) is 19.3 Å². The average molecular weight is 260 g/mol. The minimum atomic E-state index is -3.40. The molecule has 1 aromatic heterocycles. The van der Waals surface area contributed by atoms with Crippen molar-refractivity contribution in [1.29, 1.82) is 0 Å². The fourth-order valence-electron chi connectivity index (χ4n) is 1.33. The topological polar surface area (TPSA) is 90.0 Å². The standard InChI is InChI=1S/C10H20N4O2S/c1-2-3-6-13-17(15,16)10-8-12-14(9-10)7-4-5-11/h8-9,13H,2-7,11H2,1H3. The molecule has 1 aromatic rings. The van der Waals surface area contributed by atoms with Crippen LogP contribution in [0.1, 0.15) is 26.2 Å². The number of hydrogen-bond donors (Lipinski definition) is 2. The van der Waals surface area contributed by atoms with Crippen molar-refractivity contribution in [2.24, 2.45) is 5.73 Å². The number of sulfonamides is 1. The van der Waals surface area contributed by atoms with Crippen LogP contribution in [-0.2, 0) is 16.6 Å². The summed E-state index contributed by atoms with van der Waals surface area (Å²) in [6.45, 7) is 3.68. The van der Waals surface area contributed by atoms with Crippen LogP contribution >= 0.6 is 0 Å². The number of unbranched alkanes of at least 4 members (excludes halogenated alkanes) is 1. The summed E-state index contributed by atoms with van der Waals surface area (Å²) in [7, 11) is -3.40. The maximum absolute atomic E-state index is 11.8. The van der Waals surface area contributed by atoms with E-state index in [-0.39, 0.29) is 4.90 Å². The van der Waals surface area contributed by atoms with Gasteiger partial charge in [-0.1, -0.05) is 13.3 Å². The highest BCUT2D eigenvalue weighted by Crippen LogP contribution is 2.07. The van der Waals surface area contributed by atoms with Crippen LogP contribution in [-0.4, -0.2) is 31.3 Å². The summed E-state index contributed by atoms with van der Waals surface area (Å²) in [5, 5.41) is 3.99. The fourth-order valence-corrected chi connectivity index (χ4v) is 2.35. The summed E-state index contributed by atoms with van der Waals surface area (Å²) in [6.07, 6.45) is 5.47. The highest BCUT2D eigenvalue weighted by Gasteiger charge is 2.15. The number of nitrogens with one attached hydrogen (secondary N) is 1. The Morgan fingerprint density at radius 3 is 2.88 bits per heavy atom. The Morgan fingerprint density at radius 1 is 1.47 bits per heavy atom. The number of nitrogens with zero attached hydrogens (tertiary/aromatic N) is 2. The molecule has 0 atom stereocenters. The number of rotatable bonds is 8. The van der Waals surface area contributed by atoms with Crippen molar-refractivity contribution >= 4 is 10.0 Å². The quantitative estimate of drug-likeness (QED) is 0.658. The maximum Gasteiger partial charge on any atom is 0.243 e. The second kappa shape index (κ2) is 6.73. The normalized spacial score (nSPS) is 11.9. The minimum absolute atomic E-state index is 0.214. The molecule has 17 heavy (non-hydrogen) atoms. The van der Waals surface area contributed by atoms with E-state index in [1.54, 1.807) is 4.68 Å². The van der Waals surface area contributed by atoms with E-state index in [2.05, 4.69) is 9.82 Å². The molecule has 1 rings (SSSR count). The van der Waals surface area contributed by atoms with Crippen molar-refractivity contribution in [3.8, 4) is 0 Å². The van der Waals surface area contributed by atoms with Gasteiger partial charge in [0.1, 0.15) is 4.90 Å². The molecule has 0 unspecified atom stereocenters. The monoisotopic (exact) mass is 260 g/mol. The maximum atomic E-state index is 11.8. The number of aromatic nitrogens is 2. The Balaban J connectivity index is 2.61. The summed E-state index contributed by atoms with van der Waals surface area (Å²) in [5.41, 5.74) is 5.38. The largest absolute Gasteiger partial charge is 0.330 e. The van der Waals surface area contributed by atoms with Gasteiger partial charge < -0.3 is 5.73 Å². The number of hydrogen-bond acceptors (Lipinski definition) is 4. The molecular formula is C10H20N4O2S. The van der Waals surface area contributed by atoms with Crippen LogP contribution in [0.3, 0.4) is 0 Å². The predicted octanol–water partition coefficient (Wildman–Crippen LogP) is 0.310. The third-order valence-corrected chi connectivity index (χ3v) is 3.75. The Hall–Kier alpha value is -0.920. The Kier molecular flexibility index (Phi) is 5.60. The molecule has 98 valence electrons. The Morgan fingerprint density at radius 2 is 2.24 bits per heavy atom. The van der Waals surface area contributed by atoms with Gasteiger partial charge in [-0.3, -0.25) is 4.68 Å². The molecule has 0 bridgehead atoms. The van der Waals surface area contributed by atoms with E-state index in [1.807, 2.05) is 6.92 Å². The molecule has 0 saturated carbocycles. The Bertz CT molecular complexity index is 427. The molecule has 0 radical (unpaired) electrons. The van der Waals surface area contributed by atoms with E-state index in [1.165, 1.54) is 12.4 Å². The van der Waals surface area contributed by atoms with Gasteiger partial charge in [0.05, 0.1) is 6.20 Å². The lowest BCUT2D eigenvalue weighted by atomic mass is 10.3. The summed E-state index contributed by atoms with van der Waals surface area (Å²) in [5.74, 6) is 0. The fraction of sp³-hybridized carbons (Fsp3) is 0.700. The van der Waals surface area contributed by atoms with Crippen molar-refractivity contribution in [3.63, 3.8) is 0 Å². The van der Waals surface area contributed by atoms with Gasteiger partial charge in [0.25, 0.3) is 0 Å². The predicted molar refractivity (Wildman–Crippen MR) is 66.0 cm³/mol. The van der Waals surface area contributed by atoms with Crippen LogP contribution in [0.4, 0.5) is 0 Å². The van der Waals surface area contributed by atoms with Crippen molar-refractivity contribution in [1.82, 2.24) is 14.5 Å². The number of nitrogens with two attached hydrogens (primary N) is 1. The van der Waals surface area contributed by atoms with Gasteiger partial charge >= 0.3 is 0 Å². The van der Waals surface area contributed by atoms with Crippen LogP contribution in [0.5, 0.6) is 0 Å². The van der Waals surface area contributed by atoms with E-state index in [0.29, 0.717) is 19.6 Å². The van der Waals surface area contributed by atoms with E-state index in [4.69, 9.17) is 5.73 Å². The van der Waals surface area contributed by atoms with E-state index in [9.17, 15) is 8.42 Å². The highest BCUT2D eigenvalue weighted by atomic mass is 32.2. The smallest absolute Gasteiger partial charge is 0.243 e. The molecule has 0 aliphatic carbocycles. The van der Waals surface area contributed by atoms with Gasteiger partial charge in [0, 0.05) is 19.3 Å². The van der Waals surface area contributed by atoms with Gasteiger partial charge in [-0.05, 0) is 19.4 Å². The summed E-state index contributed by atoms with van der Waals surface area (Å²) in [4.78, 5) is 0.214. The van der Waals surface area contributed by atoms with E-state index < -0.39 is 10.0 Å². The lowest BCUT2D eigenvalue weighted by Crippen LogP contribution is -2.24. The molecule has 0 aliphatic heterocycles. The van der Waals surface area contributed by atoms with Crippen molar-refractivity contribution in [3.05, 3.63) is 12.4 Å². The SMILES string of the molecule is CCCCNS(=O)(=O)c1cnn(CCCN)c1. The van der Waals surface area contributed by atoms with Gasteiger partial charge in [-0.15, -0.1) is 0 Å². The molecule has 7 heteroatoms. The molecule has 0 spiro atoms. The Labute approximate surface area is 102 Å². The van der Waals surface area contributed by atoms with Crippen LogP contribution in [0.15, 0.2) is 17.3 Å². The molecule has 3 N–H and O–H groups in total. The molecule has 6 nitrogen and oxygen atoms in total.